The fraction of sp³-hybridized carbons (Fsp3) is 0.875. The number of hydrogen-bond donors (Lipinski definition) is 0. The van der Waals surface area contributed by atoms with Crippen molar-refractivity contribution in [2.45, 2.75) is 119 Å². The molecule has 6 nitrogen and oxygen atoms in total. The van der Waals surface area contributed by atoms with Crippen LogP contribution < -0.4 is 15.3 Å². The molecule has 0 bridgehead atoms. The fourth-order valence-corrected chi connectivity index (χ4v) is 2.82. The molecule has 0 saturated carbocycles. The summed E-state index contributed by atoms with van der Waals surface area (Å²) in [5.74, 6) is -3.34. The summed E-state index contributed by atoms with van der Waals surface area (Å²) >= 11 is 0. The van der Waals surface area contributed by atoms with E-state index >= 15 is 0 Å². The second-order valence-corrected chi connectivity index (χ2v) is 7.70. The fourth-order valence-electron chi connectivity index (χ4n) is 2.82. The van der Waals surface area contributed by atoms with Crippen molar-refractivity contribution in [1.82, 2.24) is 0 Å². The molecule has 0 aliphatic carbocycles. The molecular formula is C24H45O6Ru. The summed E-state index contributed by atoms with van der Waals surface area (Å²) in [6, 6.07) is 0. The van der Waals surface area contributed by atoms with Crippen LogP contribution in [0.25, 0.3) is 0 Å². The molecule has 1 radical (unpaired) electrons. The second kappa shape index (κ2) is 27.1. The third-order valence-electron chi connectivity index (χ3n) is 5.20. The molecule has 0 saturated heterocycles. The van der Waals surface area contributed by atoms with Crippen LogP contribution in [0.15, 0.2) is 0 Å². The summed E-state index contributed by atoms with van der Waals surface area (Å²) in [5.41, 5.74) is 0. The van der Waals surface area contributed by atoms with Crippen LogP contribution in [0.4, 0.5) is 0 Å². The van der Waals surface area contributed by atoms with Gasteiger partial charge >= 0.3 is 19.5 Å². The summed E-state index contributed by atoms with van der Waals surface area (Å²) in [4.78, 5) is 31.0. The number of carboxylic acid groups (broad SMARTS) is 3. The van der Waals surface area contributed by atoms with Crippen LogP contribution in [0.5, 0.6) is 0 Å². The summed E-state index contributed by atoms with van der Waals surface area (Å²) in [6.45, 7) is 11.8. The van der Waals surface area contributed by atoms with E-state index in [1.807, 2.05) is 20.8 Å². The van der Waals surface area contributed by atoms with Gasteiger partial charge in [-0.2, -0.15) is 0 Å². The molecule has 3 atom stereocenters. The minimum absolute atomic E-state index is 0. The van der Waals surface area contributed by atoms with Gasteiger partial charge in [-0.1, -0.05) is 80.1 Å². The van der Waals surface area contributed by atoms with Gasteiger partial charge in [0.2, 0.25) is 0 Å². The van der Waals surface area contributed by atoms with Gasteiger partial charge in [-0.15, -0.1) is 0 Å². The van der Waals surface area contributed by atoms with Gasteiger partial charge in [0.1, 0.15) is 0 Å². The first-order valence-electron chi connectivity index (χ1n) is 11.8. The SMILES string of the molecule is CCCCC(CC)C(=O)[O-].CCCCC(CC)C(=O)[O-].CCCCC(CC)C(=O)[O-].[Ru+3]. The predicted octanol–water partition coefficient (Wildman–Crippen LogP) is 2.86. The Morgan fingerprint density at radius 3 is 0.806 bits per heavy atom. The molecule has 0 rings (SSSR count). The first-order valence-corrected chi connectivity index (χ1v) is 11.8. The van der Waals surface area contributed by atoms with Crippen molar-refractivity contribution in [1.29, 1.82) is 0 Å². The standard InChI is InChI=1S/3C8H16O2.Ru/c3*1-3-5-6-7(4-2)8(9)10;/h3*7H,3-6H2,1-2H3,(H,9,10);/q;;;+3/p-3. The van der Waals surface area contributed by atoms with Crippen LogP contribution in [-0.2, 0) is 33.9 Å². The van der Waals surface area contributed by atoms with Gasteiger partial charge in [0.15, 0.2) is 0 Å². The van der Waals surface area contributed by atoms with Gasteiger partial charge in [0.05, 0.1) is 0 Å². The van der Waals surface area contributed by atoms with E-state index in [9.17, 15) is 29.7 Å². The first kappa shape index (κ1) is 37.4. The molecule has 0 heterocycles. The van der Waals surface area contributed by atoms with Crippen LogP contribution in [-0.4, -0.2) is 17.9 Å². The van der Waals surface area contributed by atoms with Gasteiger partial charge in [0.25, 0.3) is 0 Å². The molecule has 3 unspecified atom stereocenters. The largest absolute Gasteiger partial charge is 3.00 e. The number of carbonyl (C=O) groups is 3. The van der Waals surface area contributed by atoms with Crippen molar-refractivity contribution in [2.24, 2.45) is 17.8 Å². The predicted molar refractivity (Wildman–Crippen MR) is 115 cm³/mol. The molecule has 31 heavy (non-hydrogen) atoms. The number of carboxylic acids is 3. The summed E-state index contributed by atoms with van der Waals surface area (Å²) in [5, 5.41) is 31.0. The van der Waals surface area contributed by atoms with Crippen LogP contribution in [0.2, 0.25) is 0 Å². The summed E-state index contributed by atoms with van der Waals surface area (Å²) in [7, 11) is 0. The number of rotatable bonds is 15. The van der Waals surface area contributed by atoms with Crippen molar-refractivity contribution >= 4 is 17.9 Å². The minimum atomic E-state index is -0.893. The van der Waals surface area contributed by atoms with E-state index in [0.717, 1.165) is 57.8 Å². The molecule has 0 N–H and O–H groups in total. The van der Waals surface area contributed by atoms with Crippen molar-refractivity contribution < 1.29 is 49.2 Å². The van der Waals surface area contributed by atoms with Crippen molar-refractivity contribution in [3.63, 3.8) is 0 Å². The van der Waals surface area contributed by atoms with E-state index in [-0.39, 0.29) is 37.2 Å². The Hall–Kier alpha value is -0.967. The van der Waals surface area contributed by atoms with Crippen LogP contribution in [0, 0.1) is 17.8 Å². The topological polar surface area (TPSA) is 120 Å². The number of unbranched alkanes of at least 4 members (excludes halogenated alkanes) is 3. The molecule has 0 aromatic heterocycles. The van der Waals surface area contributed by atoms with E-state index in [1.165, 1.54) is 0 Å². The Labute approximate surface area is 203 Å². The van der Waals surface area contributed by atoms with E-state index in [2.05, 4.69) is 20.8 Å². The van der Waals surface area contributed by atoms with E-state index in [4.69, 9.17) is 0 Å². The van der Waals surface area contributed by atoms with Gasteiger partial charge in [-0.3, -0.25) is 0 Å². The third-order valence-corrected chi connectivity index (χ3v) is 5.20. The molecule has 185 valence electrons. The molecule has 0 aromatic rings. The normalized spacial score (nSPS) is 12.6. The second-order valence-electron chi connectivity index (χ2n) is 7.70. The Balaban J connectivity index is -0.000000174. The molecule has 0 aromatic carbocycles. The Morgan fingerprint density at radius 2 is 0.710 bits per heavy atom. The van der Waals surface area contributed by atoms with E-state index in [0.29, 0.717) is 19.3 Å². The number of hydrogen-bond acceptors (Lipinski definition) is 6. The summed E-state index contributed by atoms with van der Waals surface area (Å²) < 4.78 is 0. The summed E-state index contributed by atoms with van der Waals surface area (Å²) in [6.07, 6.45) is 10.6. The average Bonchev–Trinajstić information content (AvgIpc) is 2.70. The zero-order valence-corrected chi connectivity index (χ0v) is 22.3. The average molecular weight is 531 g/mol. The minimum Gasteiger partial charge on any atom is -0.550 e. The maximum absolute atomic E-state index is 10.3. The van der Waals surface area contributed by atoms with E-state index in [1.54, 1.807) is 0 Å². The maximum atomic E-state index is 10.3. The van der Waals surface area contributed by atoms with Crippen molar-refractivity contribution in [2.75, 3.05) is 0 Å². The number of aliphatic carboxylic acids is 3. The third kappa shape index (κ3) is 25.2. The smallest absolute Gasteiger partial charge is 0.550 e. The molecule has 0 spiro atoms. The van der Waals surface area contributed by atoms with Gasteiger partial charge in [-0.05, 0) is 56.3 Å². The van der Waals surface area contributed by atoms with Gasteiger partial charge < -0.3 is 29.7 Å². The van der Waals surface area contributed by atoms with Gasteiger partial charge in [-0.25, -0.2) is 0 Å². The first-order chi connectivity index (χ1) is 14.2. The van der Waals surface area contributed by atoms with Crippen LogP contribution >= 0.6 is 0 Å². The Bertz CT molecular complexity index is 366. The Kier molecular flexibility index (Phi) is 32.6. The van der Waals surface area contributed by atoms with E-state index < -0.39 is 17.9 Å². The zero-order chi connectivity index (χ0) is 23.9. The van der Waals surface area contributed by atoms with Crippen molar-refractivity contribution in [3.05, 3.63) is 0 Å². The monoisotopic (exact) mass is 531 g/mol. The number of carbonyl (C=O) groups excluding carboxylic acids is 3. The van der Waals surface area contributed by atoms with Crippen LogP contribution in [0.3, 0.4) is 0 Å². The van der Waals surface area contributed by atoms with Crippen molar-refractivity contribution in [3.8, 4) is 0 Å². The zero-order valence-electron chi connectivity index (χ0n) is 20.5. The quantitative estimate of drug-likeness (QED) is 0.300. The molecule has 0 amide bonds. The molecular weight excluding hydrogens is 485 g/mol. The molecule has 0 aliphatic rings. The molecule has 7 heteroatoms. The Morgan fingerprint density at radius 1 is 0.516 bits per heavy atom. The molecule has 0 fully saturated rings. The van der Waals surface area contributed by atoms with Gasteiger partial charge in [0, 0.05) is 17.9 Å². The maximum Gasteiger partial charge on any atom is 3.00 e. The van der Waals surface area contributed by atoms with Crippen LogP contribution in [0.1, 0.15) is 119 Å². The molecule has 0 aliphatic heterocycles.